The van der Waals surface area contributed by atoms with Gasteiger partial charge in [0.05, 0.1) is 18.4 Å². The number of nitrogens with one attached hydrogen (secondary N) is 1. The van der Waals surface area contributed by atoms with Crippen molar-refractivity contribution in [1.29, 1.82) is 0 Å². The predicted octanol–water partition coefficient (Wildman–Crippen LogP) is 1.02. The third-order valence-corrected chi connectivity index (χ3v) is 2.91. The van der Waals surface area contributed by atoms with Crippen molar-refractivity contribution in [2.24, 2.45) is 0 Å². The molecule has 1 atom stereocenters. The maximum Gasteiger partial charge on any atom is 0.289 e. The van der Waals surface area contributed by atoms with Crippen molar-refractivity contribution in [1.82, 2.24) is 10.2 Å². The minimum atomic E-state index is -0.923. The van der Waals surface area contributed by atoms with Crippen molar-refractivity contribution in [2.45, 2.75) is 32.3 Å². The topological polar surface area (TPSA) is 82.8 Å². The van der Waals surface area contributed by atoms with E-state index in [1.54, 1.807) is 19.1 Å². The average Bonchev–Trinajstić information content (AvgIpc) is 2.89. The summed E-state index contributed by atoms with van der Waals surface area (Å²) >= 11 is 0. The van der Waals surface area contributed by atoms with Gasteiger partial charge in [-0.3, -0.25) is 9.59 Å². The molecule has 0 fully saturated rings. The van der Waals surface area contributed by atoms with Gasteiger partial charge in [-0.05, 0) is 25.5 Å². The smallest absolute Gasteiger partial charge is 0.289 e. The van der Waals surface area contributed by atoms with E-state index in [9.17, 15) is 14.7 Å². The van der Waals surface area contributed by atoms with Gasteiger partial charge >= 0.3 is 0 Å². The number of aliphatic hydroxyl groups is 1. The summed E-state index contributed by atoms with van der Waals surface area (Å²) in [4.78, 5) is 24.8. The number of furan rings is 1. The molecule has 2 N–H and O–H groups in total. The highest BCUT2D eigenvalue weighted by Crippen LogP contribution is 2.10. The Labute approximate surface area is 118 Å². The maximum atomic E-state index is 11.8. The standard InChI is InChI=1S/C14H22N2O4/c1-4-7-14(2,19)10-15-12(17)9-16(3)13(18)11-6-5-8-20-11/h5-6,8,19H,4,7,9-10H2,1-3H3,(H,15,17). The van der Waals surface area contributed by atoms with Gasteiger partial charge < -0.3 is 19.7 Å². The van der Waals surface area contributed by atoms with Crippen LogP contribution < -0.4 is 5.32 Å². The second-order valence-electron chi connectivity index (χ2n) is 5.16. The summed E-state index contributed by atoms with van der Waals surface area (Å²) in [5.41, 5.74) is -0.923. The first-order chi connectivity index (χ1) is 9.35. The molecule has 0 bridgehead atoms. The molecule has 112 valence electrons. The Morgan fingerprint density at radius 1 is 1.50 bits per heavy atom. The summed E-state index contributed by atoms with van der Waals surface area (Å²) < 4.78 is 4.98. The fraction of sp³-hybridized carbons (Fsp3) is 0.571. The van der Waals surface area contributed by atoms with Gasteiger partial charge in [0.15, 0.2) is 5.76 Å². The first-order valence-electron chi connectivity index (χ1n) is 6.64. The molecule has 0 aliphatic heterocycles. The van der Waals surface area contributed by atoms with Gasteiger partial charge in [-0.15, -0.1) is 0 Å². The van der Waals surface area contributed by atoms with E-state index in [4.69, 9.17) is 4.42 Å². The molecule has 6 nitrogen and oxygen atoms in total. The van der Waals surface area contributed by atoms with E-state index in [2.05, 4.69) is 5.32 Å². The zero-order valence-electron chi connectivity index (χ0n) is 12.2. The largest absolute Gasteiger partial charge is 0.459 e. The minimum absolute atomic E-state index is 0.0816. The van der Waals surface area contributed by atoms with E-state index < -0.39 is 5.60 Å². The van der Waals surface area contributed by atoms with Gasteiger partial charge in [0.25, 0.3) is 5.91 Å². The summed E-state index contributed by atoms with van der Waals surface area (Å²) in [6.45, 7) is 3.73. The van der Waals surface area contributed by atoms with Crippen LogP contribution in [0, 0.1) is 0 Å². The molecule has 0 saturated carbocycles. The zero-order valence-corrected chi connectivity index (χ0v) is 12.2. The lowest BCUT2D eigenvalue weighted by atomic mass is 10.0. The van der Waals surface area contributed by atoms with Crippen molar-refractivity contribution in [2.75, 3.05) is 20.1 Å². The number of rotatable bonds is 7. The van der Waals surface area contributed by atoms with Gasteiger partial charge in [-0.2, -0.15) is 0 Å². The molecule has 2 amide bonds. The van der Waals surface area contributed by atoms with Crippen LogP contribution in [0.2, 0.25) is 0 Å². The molecule has 1 unspecified atom stereocenters. The first kappa shape index (κ1) is 16.2. The van der Waals surface area contributed by atoms with Gasteiger partial charge in [-0.25, -0.2) is 0 Å². The second-order valence-corrected chi connectivity index (χ2v) is 5.16. The zero-order chi connectivity index (χ0) is 15.2. The Kier molecular flexibility index (Phi) is 5.76. The first-order valence-corrected chi connectivity index (χ1v) is 6.64. The van der Waals surface area contributed by atoms with E-state index in [1.165, 1.54) is 18.2 Å². The minimum Gasteiger partial charge on any atom is -0.459 e. The van der Waals surface area contributed by atoms with Crippen LogP contribution in [0.3, 0.4) is 0 Å². The van der Waals surface area contributed by atoms with E-state index in [1.807, 2.05) is 6.92 Å². The SMILES string of the molecule is CCCC(C)(O)CNC(=O)CN(C)C(=O)c1ccco1. The highest BCUT2D eigenvalue weighted by Gasteiger charge is 2.21. The molecule has 1 aromatic heterocycles. The molecule has 0 aliphatic rings. The number of carbonyl (C=O) groups is 2. The van der Waals surface area contributed by atoms with Crippen LogP contribution in [0.25, 0.3) is 0 Å². The lowest BCUT2D eigenvalue weighted by Crippen LogP contribution is -2.44. The number of carbonyl (C=O) groups excluding carboxylic acids is 2. The van der Waals surface area contributed by atoms with Crippen LogP contribution in [0.5, 0.6) is 0 Å². The number of hydrogen-bond donors (Lipinski definition) is 2. The van der Waals surface area contributed by atoms with Crippen molar-refractivity contribution in [3.8, 4) is 0 Å². The van der Waals surface area contributed by atoms with Gasteiger partial charge in [-0.1, -0.05) is 13.3 Å². The molecule has 20 heavy (non-hydrogen) atoms. The fourth-order valence-corrected chi connectivity index (χ4v) is 1.85. The predicted molar refractivity (Wildman–Crippen MR) is 74.2 cm³/mol. The number of likely N-dealkylation sites (N-methyl/N-ethyl adjacent to an activating group) is 1. The maximum absolute atomic E-state index is 11.8. The molecule has 6 heteroatoms. The lowest BCUT2D eigenvalue weighted by molar-refractivity contribution is -0.122. The van der Waals surface area contributed by atoms with Gasteiger partial charge in [0, 0.05) is 13.6 Å². The van der Waals surface area contributed by atoms with Crippen LogP contribution in [0.1, 0.15) is 37.2 Å². The van der Waals surface area contributed by atoms with Crippen LogP contribution in [0.15, 0.2) is 22.8 Å². The number of hydrogen-bond acceptors (Lipinski definition) is 4. The number of amides is 2. The molecule has 0 spiro atoms. The molecule has 0 radical (unpaired) electrons. The monoisotopic (exact) mass is 282 g/mol. The summed E-state index contributed by atoms with van der Waals surface area (Å²) in [7, 11) is 1.52. The van der Waals surface area contributed by atoms with E-state index in [0.29, 0.717) is 6.42 Å². The Bertz CT molecular complexity index is 440. The summed E-state index contributed by atoms with van der Waals surface area (Å²) in [5, 5.41) is 12.6. The number of nitrogens with zero attached hydrogens (tertiary/aromatic N) is 1. The molecule has 1 aromatic rings. The summed E-state index contributed by atoms with van der Waals surface area (Å²) in [5.74, 6) is -0.479. The summed E-state index contributed by atoms with van der Waals surface area (Å²) in [6, 6.07) is 3.16. The van der Waals surface area contributed by atoms with Crippen LogP contribution in [-0.4, -0.2) is 47.6 Å². The molecule has 1 rings (SSSR count). The Hall–Kier alpha value is -1.82. The van der Waals surface area contributed by atoms with Gasteiger partial charge in [0.1, 0.15) is 0 Å². The van der Waals surface area contributed by atoms with Crippen molar-refractivity contribution in [3.05, 3.63) is 24.2 Å². The van der Waals surface area contributed by atoms with Crippen molar-refractivity contribution >= 4 is 11.8 Å². The van der Waals surface area contributed by atoms with Crippen molar-refractivity contribution < 1.29 is 19.1 Å². The average molecular weight is 282 g/mol. The summed E-state index contributed by atoms with van der Waals surface area (Å²) in [6.07, 6.45) is 2.84. The molecular weight excluding hydrogens is 260 g/mol. The normalized spacial score (nSPS) is 13.6. The van der Waals surface area contributed by atoms with E-state index >= 15 is 0 Å². The highest BCUT2D eigenvalue weighted by atomic mass is 16.3. The molecule has 0 aliphatic carbocycles. The molecule has 0 aromatic carbocycles. The van der Waals surface area contributed by atoms with E-state index in [0.717, 1.165) is 6.42 Å². The van der Waals surface area contributed by atoms with Crippen molar-refractivity contribution in [3.63, 3.8) is 0 Å². The Morgan fingerprint density at radius 2 is 2.20 bits per heavy atom. The third kappa shape index (κ3) is 5.05. The van der Waals surface area contributed by atoms with Crippen LogP contribution in [-0.2, 0) is 4.79 Å². The molecule has 0 saturated heterocycles. The second kappa shape index (κ2) is 7.09. The van der Waals surface area contributed by atoms with Gasteiger partial charge in [0.2, 0.25) is 5.91 Å². The Balaban J connectivity index is 2.40. The van der Waals surface area contributed by atoms with Crippen LogP contribution in [0.4, 0.5) is 0 Å². The Morgan fingerprint density at radius 3 is 2.75 bits per heavy atom. The lowest BCUT2D eigenvalue weighted by Gasteiger charge is -2.23. The van der Waals surface area contributed by atoms with Crippen LogP contribution >= 0.6 is 0 Å². The molecule has 1 heterocycles. The highest BCUT2D eigenvalue weighted by molar-refractivity contribution is 5.94. The molecular formula is C14H22N2O4. The van der Waals surface area contributed by atoms with E-state index in [-0.39, 0.29) is 30.7 Å². The fourth-order valence-electron chi connectivity index (χ4n) is 1.85. The third-order valence-electron chi connectivity index (χ3n) is 2.91. The quantitative estimate of drug-likeness (QED) is 0.782.